The maximum atomic E-state index is 12.2. The monoisotopic (exact) mass is 289 g/mol. The number of para-hydroxylation sites is 1. The molecule has 1 N–H and O–H groups in total. The second-order valence-corrected chi connectivity index (χ2v) is 5.73. The van der Waals surface area contributed by atoms with Crippen LogP contribution in [0.15, 0.2) is 30.3 Å². The van der Waals surface area contributed by atoms with E-state index in [1.54, 1.807) is 0 Å². The predicted octanol–water partition coefficient (Wildman–Crippen LogP) is 2.11. The van der Waals surface area contributed by atoms with Crippen LogP contribution >= 0.6 is 0 Å². The van der Waals surface area contributed by atoms with Crippen LogP contribution in [0, 0.1) is 0 Å². The van der Waals surface area contributed by atoms with Crippen LogP contribution in [0.1, 0.15) is 26.2 Å². The number of hydrogen-bond donors (Lipinski definition) is 1. The van der Waals surface area contributed by atoms with E-state index >= 15 is 0 Å². The maximum absolute atomic E-state index is 12.2. The molecule has 0 aliphatic carbocycles. The molecule has 1 aromatic carbocycles. The fourth-order valence-electron chi connectivity index (χ4n) is 2.78. The summed E-state index contributed by atoms with van der Waals surface area (Å²) >= 11 is 0. The molecule has 0 aromatic heterocycles. The second kappa shape index (κ2) is 8.03. The number of hydrogen-bond acceptors (Lipinski definition) is 3. The number of rotatable bonds is 8. The van der Waals surface area contributed by atoms with Gasteiger partial charge in [-0.15, -0.1) is 0 Å². The third-order valence-corrected chi connectivity index (χ3v) is 4.06. The Morgan fingerprint density at radius 2 is 2.10 bits per heavy atom. The summed E-state index contributed by atoms with van der Waals surface area (Å²) in [5, 5.41) is 3.33. The lowest BCUT2D eigenvalue weighted by Crippen LogP contribution is -2.39. The molecule has 1 aliphatic rings. The van der Waals surface area contributed by atoms with Crippen molar-refractivity contribution in [2.45, 2.75) is 32.2 Å². The number of carbonyl (C=O) groups excluding carboxylic acids is 1. The van der Waals surface area contributed by atoms with Gasteiger partial charge in [-0.3, -0.25) is 4.79 Å². The van der Waals surface area contributed by atoms with Crippen molar-refractivity contribution >= 4 is 11.6 Å². The fourth-order valence-corrected chi connectivity index (χ4v) is 2.78. The van der Waals surface area contributed by atoms with Gasteiger partial charge >= 0.3 is 0 Å². The van der Waals surface area contributed by atoms with E-state index in [9.17, 15) is 4.79 Å². The molecule has 0 bridgehead atoms. The van der Waals surface area contributed by atoms with Gasteiger partial charge in [0.1, 0.15) is 0 Å². The van der Waals surface area contributed by atoms with Gasteiger partial charge in [-0.05, 0) is 37.9 Å². The summed E-state index contributed by atoms with van der Waals surface area (Å²) in [5.74, 6) is 0.283. The first-order valence-electron chi connectivity index (χ1n) is 8.00. The Hall–Kier alpha value is -1.55. The number of anilines is 1. The highest BCUT2D eigenvalue weighted by atomic mass is 16.2. The number of amides is 1. The average Bonchev–Trinajstić information content (AvgIpc) is 2.86. The molecule has 21 heavy (non-hydrogen) atoms. The number of nitrogens with one attached hydrogen (secondary N) is 1. The van der Waals surface area contributed by atoms with Crippen molar-refractivity contribution in [3.63, 3.8) is 0 Å². The van der Waals surface area contributed by atoms with Gasteiger partial charge in [0.2, 0.25) is 5.91 Å². The topological polar surface area (TPSA) is 35.6 Å². The molecule has 0 radical (unpaired) electrons. The van der Waals surface area contributed by atoms with E-state index in [2.05, 4.69) is 48.5 Å². The zero-order chi connectivity index (χ0) is 15.1. The fraction of sp³-hybridized carbons (Fsp3) is 0.588. The van der Waals surface area contributed by atoms with Crippen LogP contribution in [0.5, 0.6) is 0 Å². The molecule has 4 heteroatoms. The molecule has 1 aliphatic heterocycles. The van der Waals surface area contributed by atoms with Gasteiger partial charge in [-0.2, -0.15) is 0 Å². The lowest BCUT2D eigenvalue weighted by atomic mass is 10.2. The van der Waals surface area contributed by atoms with E-state index in [1.165, 1.54) is 5.69 Å². The Morgan fingerprint density at radius 3 is 2.81 bits per heavy atom. The van der Waals surface area contributed by atoms with Gasteiger partial charge in [0.15, 0.2) is 0 Å². The van der Waals surface area contributed by atoms with Gasteiger partial charge in [0.25, 0.3) is 0 Å². The van der Waals surface area contributed by atoms with E-state index in [0.717, 1.165) is 45.4 Å². The summed E-state index contributed by atoms with van der Waals surface area (Å²) < 4.78 is 0. The third-order valence-electron chi connectivity index (χ3n) is 4.06. The second-order valence-electron chi connectivity index (χ2n) is 5.73. The van der Waals surface area contributed by atoms with Crippen molar-refractivity contribution in [3.05, 3.63) is 30.3 Å². The highest BCUT2D eigenvalue weighted by Crippen LogP contribution is 2.14. The molecule has 1 heterocycles. The van der Waals surface area contributed by atoms with Crippen LogP contribution in [0.3, 0.4) is 0 Å². The summed E-state index contributed by atoms with van der Waals surface area (Å²) in [7, 11) is 2.10. The van der Waals surface area contributed by atoms with E-state index in [1.807, 2.05) is 11.0 Å². The summed E-state index contributed by atoms with van der Waals surface area (Å²) in [6.45, 7) is 5.79. The Bertz CT molecular complexity index is 435. The summed E-state index contributed by atoms with van der Waals surface area (Å²) in [6.07, 6.45) is 3.04. The Morgan fingerprint density at radius 1 is 1.33 bits per heavy atom. The molecule has 1 fully saturated rings. The first-order valence-corrected chi connectivity index (χ1v) is 8.00. The van der Waals surface area contributed by atoms with E-state index in [-0.39, 0.29) is 11.9 Å². The van der Waals surface area contributed by atoms with Gasteiger partial charge in [-0.25, -0.2) is 0 Å². The summed E-state index contributed by atoms with van der Waals surface area (Å²) in [4.78, 5) is 16.5. The molecule has 1 saturated heterocycles. The van der Waals surface area contributed by atoms with Crippen molar-refractivity contribution < 1.29 is 4.79 Å². The smallest absolute Gasteiger partial charge is 0.239 e. The van der Waals surface area contributed by atoms with Crippen molar-refractivity contribution in [2.75, 3.05) is 38.1 Å². The van der Waals surface area contributed by atoms with E-state index in [4.69, 9.17) is 0 Å². The zero-order valence-electron chi connectivity index (χ0n) is 13.2. The normalized spacial score (nSPS) is 18.3. The first kappa shape index (κ1) is 15.8. The standard InChI is InChI=1S/C17H27N3O/c1-3-11-18-16-10-14-20(17(16)21)13-7-12-19(2)15-8-5-4-6-9-15/h4-6,8-9,16,18H,3,7,10-14H2,1-2H3. The molecule has 1 unspecified atom stereocenters. The van der Waals surface area contributed by atoms with Gasteiger partial charge < -0.3 is 15.1 Å². The minimum Gasteiger partial charge on any atom is -0.375 e. The zero-order valence-corrected chi connectivity index (χ0v) is 13.2. The molecule has 0 spiro atoms. The summed E-state index contributed by atoms with van der Waals surface area (Å²) in [6, 6.07) is 10.4. The lowest BCUT2D eigenvalue weighted by molar-refractivity contribution is -0.129. The Labute approximate surface area is 128 Å². The van der Waals surface area contributed by atoms with Crippen LogP contribution in [-0.4, -0.2) is 50.1 Å². The highest BCUT2D eigenvalue weighted by Gasteiger charge is 2.30. The molecule has 1 aromatic rings. The molecule has 1 amide bonds. The van der Waals surface area contributed by atoms with Gasteiger partial charge in [0.05, 0.1) is 6.04 Å². The van der Waals surface area contributed by atoms with Crippen molar-refractivity contribution in [1.29, 1.82) is 0 Å². The third kappa shape index (κ3) is 4.46. The van der Waals surface area contributed by atoms with Crippen molar-refractivity contribution in [1.82, 2.24) is 10.2 Å². The Kier molecular flexibility index (Phi) is 6.05. The number of likely N-dealkylation sites (tertiary alicyclic amines) is 1. The lowest BCUT2D eigenvalue weighted by Gasteiger charge is -2.22. The number of carbonyl (C=O) groups is 1. The Balaban J connectivity index is 1.71. The van der Waals surface area contributed by atoms with E-state index < -0.39 is 0 Å². The molecular formula is C17H27N3O. The molecule has 4 nitrogen and oxygen atoms in total. The largest absolute Gasteiger partial charge is 0.375 e. The number of nitrogens with zero attached hydrogens (tertiary/aromatic N) is 2. The van der Waals surface area contributed by atoms with Crippen LogP contribution in [0.4, 0.5) is 5.69 Å². The van der Waals surface area contributed by atoms with Crippen LogP contribution in [0.25, 0.3) is 0 Å². The summed E-state index contributed by atoms with van der Waals surface area (Å²) in [5.41, 5.74) is 1.23. The molecule has 116 valence electrons. The molecule has 1 atom stereocenters. The van der Waals surface area contributed by atoms with Gasteiger partial charge in [-0.1, -0.05) is 25.1 Å². The molecule has 0 saturated carbocycles. The van der Waals surface area contributed by atoms with Crippen LogP contribution < -0.4 is 10.2 Å². The molecule has 2 rings (SSSR count). The maximum Gasteiger partial charge on any atom is 0.239 e. The quantitative estimate of drug-likeness (QED) is 0.796. The SMILES string of the molecule is CCCNC1CCN(CCCN(C)c2ccccc2)C1=O. The van der Waals surface area contributed by atoms with Gasteiger partial charge in [0, 0.05) is 32.4 Å². The van der Waals surface area contributed by atoms with Crippen molar-refractivity contribution in [3.8, 4) is 0 Å². The van der Waals surface area contributed by atoms with Crippen molar-refractivity contribution in [2.24, 2.45) is 0 Å². The van der Waals surface area contributed by atoms with Crippen LogP contribution in [-0.2, 0) is 4.79 Å². The minimum atomic E-state index is 0.0526. The minimum absolute atomic E-state index is 0.0526. The number of benzene rings is 1. The van der Waals surface area contributed by atoms with E-state index in [0.29, 0.717) is 0 Å². The predicted molar refractivity (Wildman–Crippen MR) is 87.6 cm³/mol. The highest BCUT2D eigenvalue weighted by molar-refractivity contribution is 5.83. The average molecular weight is 289 g/mol. The van der Waals surface area contributed by atoms with Crippen LogP contribution in [0.2, 0.25) is 0 Å². The first-order chi connectivity index (χ1) is 10.2. The molecular weight excluding hydrogens is 262 g/mol.